The third-order valence-electron chi connectivity index (χ3n) is 3.81. The molecule has 1 amide bonds. The molecule has 0 fully saturated rings. The Hall–Kier alpha value is -2.89. The van der Waals surface area contributed by atoms with Gasteiger partial charge >= 0.3 is 0 Å². The number of nitrogens with zero attached hydrogens (tertiary/aromatic N) is 2. The molecule has 0 spiro atoms. The second kappa shape index (κ2) is 6.78. The third-order valence-corrected chi connectivity index (χ3v) is 4.36. The number of hydrogen-bond donors (Lipinski definition) is 1. The molecule has 7 heteroatoms. The quantitative estimate of drug-likeness (QED) is 0.509. The molecule has 1 N–H and O–H groups in total. The van der Waals surface area contributed by atoms with Gasteiger partial charge in [-0.3, -0.25) is 4.79 Å². The van der Waals surface area contributed by atoms with Gasteiger partial charge < -0.3 is 9.73 Å². The molecule has 3 aromatic rings. The molecule has 1 aliphatic rings. The van der Waals surface area contributed by atoms with Crippen LogP contribution < -0.4 is 5.32 Å². The SMILES string of the molecule is O=C1Nc2ccccc2/C1=N\N=C\c1ccc(-c2ccc(Cl)cc2Cl)o1. The summed E-state index contributed by atoms with van der Waals surface area (Å²) in [6, 6.07) is 16.0. The highest BCUT2D eigenvalue weighted by atomic mass is 35.5. The molecule has 0 atom stereocenters. The minimum Gasteiger partial charge on any atom is -0.455 e. The van der Waals surface area contributed by atoms with Crippen LogP contribution in [0.1, 0.15) is 11.3 Å². The van der Waals surface area contributed by atoms with Gasteiger partial charge in [0, 0.05) is 16.1 Å². The van der Waals surface area contributed by atoms with Crippen molar-refractivity contribution in [2.75, 3.05) is 5.32 Å². The van der Waals surface area contributed by atoms with Gasteiger partial charge in [-0.1, -0.05) is 41.4 Å². The molecule has 128 valence electrons. The summed E-state index contributed by atoms with van der Waals surface area (Å²) in [4.78, 5) is 12.0. The minimum absolute atomic E-state index is 0.268. The van der Waals surface area contributed by atoms with Crippen molar-refractivity contribution in [2.45, 2.75) is 0 Å². The topological polar surface area (TPSA) is 67.0 Å². The van der Waals surface area contributed by atoms with Crippen LogP contribution >= 0.6 is 23.2 Å². The van der Waals surface area contributed by atoms with E-state index >= 15 is 0 Å². The van der Waals surface area contributed by atoms with Gasteiger partial charge in [0.05, 0.1) is 16.9 Å². The first-order valence-electron chi connectivity index (χ1n) is 7.69. The van der Waals surface area contributed by atoms with Crippen LogP contribution in [0, 0.1) is 0 Å². The van der Waals surface area contributed by atoms with Gasteiger partial charge in [-0.25, -0.2) is 0 Å². The Morgan fingerprint density at radius 3 is 2.69 bits per heavy atom. The normalized spacial score (nSPS) is 14.8. The average Bonchev–Trinajstić information content (AvgIpc) is 3.20. The Morgan fingerprint density at radius 1 is 1.00 bits per heavy atom. The number of fused-ring (bicyclic) bond motifs is 1. The number of amides is 1. The molecule has 2 aromatic carbocycles. The molecule has 0 bridgehead atoms. The maximum Gasteiger partial charge on any atom is 0.276 e. The fourth-order valence-electron chi connectivity index (χ4n) is 2.60. The fraction of sp³-hybridized carbons (Fsp3) is 0. The minimum atomic E-state index is -0.281. The van der Waals surface area contributed by atoms with Gasteiger partial charge in [0.15, 0.2) is 5.71 Å². The maximum atomic E-state index is 12.0. The highest BCUT2D eigenvalue weighted by molar-refractivity contribution is 6.53. The number of furan rings is 1. The van der Waals surface area contributed by atoms with Crippen molar-refractivity contribution in [3.63, 3.8) is 0 Å². The van der Waals surface area contributed by atoms with Crippen LogP contribution in [0.2, 0.25) is 10.0 Å². The Morgan fingerprint density at radius 2 is 1.85 bits per heavy atom. The van der Waals surface area contributed by atoms with E-state index in [1.165, 1.54) is 6.21 Å². The van der Waals surface area contributed by atoms with Crippen LogP contribution in [0.25, 0.3) is 11.3 Å². The van der Waals surface area contributed by atoms with E-state index in [2.05, 4.69) is 15.5 Å². The summed E-state index contributed by atoms with van der Waals surface area (Å²) in [5.41, 5.74) is 2.45. The molecule has 0 unspecified atom stereocenters. The van der Waals surface area contributed by atoms with Crippen molar-refractivity contribution in [1.82, 2.24) is 0 Å². The summed E-state index contributed by atoms with van der Waals surface area (Å²) >= 11 is 12.1. The first-order valence-corrected chi connectivity index (χ1v) is 8.44. The number of carbonyl (C=O) groups excluding carboxylic acids is 1. The van der Waals surface area contributed by atoms with Crippen LogP contribution in [-0.2, 0) is 4.79 Å². The zero-order valence-electron chi connectivity index (χ0n) is 13.2. The van der Waals surface area contributed by atoms with E-state index in [1.807, 2.05) is 24.3 Å². The van der Waals surface area contributed by atoms with Crippen molar-refractivity contribution in [3.8, 4) is 11.3 Å². The van der Waals surface area contributed by atoms with Crippen molar-refractivity contribution < 1.29 is 9.21 Å². The number of para-hydroxylation sites is 1. The van der Waals surface area contributed by atoms with E-state index < -0.39 is 0 Å². The summed E-state index contributed by atoms with van der Waals surface area (Å²) in [6.07, 6.45) is 1.44. The molecule has 1 aromatic heterocycles. The van der Waals surface area contributed by atoms with Crippen molar-refractivity contribution in [3.05, 3.63) is 76.0 Å². The number of halogens is 2. The van der Waals surface area contributed by atoms with E-state index in [9.17, 15) is 4.79 Å². The molecule has 5 nitrogen and oxygen atoms in total. The summed E-state index contributed by atoms with van der Waals surface area (Å²) in [6.45, 7) is 0. The predicted octanol–water partition coefficient (Wildman–Crippen LogP) is 5.03. The average molecular weight is 384 g/mol. The lowest BCUT2D eigenvalue weighted by Crippen LogP contribution is -2.13. The van der Waals surface area contributed by atoms with Crippen molar-refractivity contribution in [1.29, 1.82) is 0 Å². The lowest BCUT2D eigenvalue weighted by Gasteiger charge is -2.00. The number of carbonyl (C=O) groups is 1. The molecule has 0 radical (unpaired) electrons. The lowest BCUT2D eigenvalue weighted by molar-refractivity contribution is -0.110. The molecule has 0 saturated carbocycles. The highest BCUT2D eigenvalue weighted by Gasteiger charge is 2.25. The van der Waals surface area contributed by atoms with E-state index in [0.29, 0.717) is 21.6 Å². The highest BCUT2D eigenvalue weighted by Crippen LogP contribution is 2.31. The van der Waals surface area contributed by atoms with Crippen LogP contribution in [0.5, 0.6) is 0 Å². The number of benzene rings is 2. The maximum absolute atomic E-state index is 12.0. The molecule has 26 heavy (non-hydrogen) atoms. The van der Waals surface area contributed by atoms with E-state index in [1.54, 1.807) is 30.3 Å². The molecule has 0 saturated heterocycles. The van der Waals surface area contributed by atoms with Gasteiger partial charge in [-0.05, 0) is 36.4 Å². The Labute approximate surface area is 159 Å². The zero-order chi connectivity index (χ0) is 18.1. The van der Waals surface area contributed by atoms with Crippen molar-refractivity contribution in [2.24, 2.45) is 10.2 Å². The number of rotatable bonds is 3. The van der Waals surface area contributed by atoms with E-state index in [4.69, 9.17) is 27.6 Å². The first-order chi connectivity index (χ1) is 12.6. The number of nitrogens with one attached hydrogen (secondary N) is 1. The second-order valence-electron chi connectivity index (χ2n) is 5.52. The summed E-state index contributed by atoms with van der Waals surface area (Å²) in [5, 5.41) is 11.8. The summed E-state index contributed by atoms with van der Waals surface area (Å²) in [7, 11) is 0. The van der Waals surface area contributed by atoms with E-state index in [-0.39, 0.29) is 11.6 Å². The van der Waals surface area contributed by atoms with Crippen LogP contribution in [0.15, 0.2) is 69.2 Å². The number of anilines is 1. The van der Waals surface area contributed by atoms with Gasteiger partial charge in [0.1, 0.15) is 11.5 Å². The fourth-order valence-corrected chi connectivity index (χ4v) is 3.10. The Bertz CT molecular complexity index is 1070. The smallest absolute Gasteiger partial charge is 0.276 e. The molecule has 0 aliphatic carbocycles. The van der Waals surface area contributed by atoms with Crippen molar-refractivity contribution >= 4 is 46.7 Å². The predicted molar refractivity (Wildman–Crippen MR) is 103 cm³/mol. The Balaban J connectivity index is 1.57. The molecule has 1 aliphatic heterocycles. The van der Waals surface area contributed by atoms with Gasteiger partial charge in [-0.2, -0.15) is 5.10 Å². The van der Waals surface area contributed by atoms with Gasteiger partial charge in [-0.15, -0.1) is 5.10 Å². The molecule has 2 heterocycles. The molecular weight excluding hydrogens is 373 g/mol. The third kappa shape index (κ3) is 3.14. The monoisotopic (exact) mass is 383 g/mol. The largest absolute Gasteiger partial charge is 0.455 e. The zero-order valence-corrected chi connectivity index (χ0v) is 14.8. The lowest BCUT2D eigenvalue weighted by atomic mass is 10.1. The standard InChI is InChI=1S/C19H11Cl2N3O2/c20-11-5-7-13(15(21)9-11)17-8-6-12(26-17)10-22-24-18-14-3-1-2-4-16(14)23-19(18)25/h1-10H,(H,23,24,25)/b22-10+. The summed E-state index contributed by atoms with van der Waals surface area (Å²) in [5.74, 6) is 0.795. The van der Waals surface area contributed by atoms with Crippen LogP contribution in [0.3, 0.4) is 0 Å². The van der Waals surface area contributed by atoms with Crippen LogP contribution in [0.4, 0.5) is 5.69 Å². The molecular formula is C19H11Cl2N3O2. The number of hydrogen-bond acceptors (Lipinski definition) is 4. The molecule has 4 rings (SSSR count). The second-order valence-corrected chi connectivity index (χ2v) is 6.36. The summed E-state index contributed by atoms with van der Waals surface area (Å²) < 4.78 is 5.70. The van der Waals surface area contributed by atoms with Gasteiger partial charge in [0.25, 0.3) is 5.91 Å². The van der Waals surface area contributed by atoms with E-state index in [0.717, 1.165) is 16.8 Å². The Kier molecular flexibility index (Phi) is 4.32. The van der Waals surface area contributed by atoms with Gasteiger partial charge in [0.2, 0.25) is 0 Å². The van der Waals surface area contributed by atoms with Crippen LogP contribution in [-0.4, -0.2) is 17.8 Å². The first kappa shape index (κ1) is 16.6.